The lowest BCUT2D eigenvalue weighted by atomic mass is 10.1. The summed E-state index contributed by atoms with van der Waals surface area (Å²) in [7, 11) is -2.26. The zero-order valence-electron chi connectivity index (χ0n) is 16.9. The normalized spacial score (nSPS) is 20.5. The number of anilines is 1. The minimum absolute atomic E-state index is 0.0394. The van der Waals surface area contributed by atoms with E-state index in [-0.39, 0.29) is 28.7 Å². The predicted molar refractivity (Wildman–Crippen MR) is 111 cm³/mol. The second kappa shape index (κ2) is 9.09. The van der Waals surface area contributed by atoms with E-state index in [9.17, 15) is 22.0 Å². The first-order valence-corrected chi connectivity index (χ1v) is 11.3. The number of fused-ring (bicyclic) bond motifs is 1. The van der Waals surface area contributed by atoms with Gasteiger partial charge in [0.15, 0.2) is 11.6 Å². The van der Waals surface area contributed by atoms with E-state index in [0.29, 0.717) is 5.56 Å². The molecule has 0 saturated heterocycles. The van der Waals surface area contributed by atoms with Gasteiger partial charge < -0.3 is 9.88 Å². The van der Waals surface area contributed by atoms with Crippen LogP contribution in [0.2, 0.25) is 0 Å². The topological polar surface area (TPSA) is 80.2 Å². The molecule has 1 aliphatic heterocycles. The Balaban J connectivity index is 2.01. The number of nitrogens with zero attached hydrogens (tertiary/aromatic N) is 1. The summed E-state index contributed by atoms with van der Waals surface area (Å²) in [5.74, 6) is -2.71. The van der Waals surface area contributed by atoms with Crippen molar-refractivity contribution in [2.75, 3.05) is 5.32 Å². The largest absolute Gasteiger partial charge is 0.345 e. The summed E-state index contributed by atoms with van der Waals surface area (Å²) < 4.78 is 56.7. The van der Waals surface area contributed by atoms with Crippen molar-refractivity contribution in [3.05, 3.63) is 59.4 Å². The number of carbonyl (C=O) groups is 1. The molecule has 0 saturated carbocycles. The van der Waals surface area contributed by atoms with E-state index in [1.807, 2.05) is 19.1 Å². The summed E-state index contributed by atoms with van der Waals surface area (Å²) >= 11 is 0. The molecule has 1 aromatic carbocycles. The first-order chi connectivity index (χ1) is 14.2. The van der Waals surface area contributed by atoms with Crippen LogP contribution in [0.4, 0.5) is 14.5 Å². The summed E-state index contributed by atoms with van der Waals surface area (Å²) in [6.07, 6.45) is 8.96. The first-order valence-electron chi connectivity index (χ1n) is 9.81. The molecule has 9 heteroatoms. The monoisotopic (exact) mass is 437 g/mol. The Bertz CT molecular complexity index is 1080. The number of hydrogen-bond donors (Lipinski definition) is 2. The van der Waals surface area contributed by atoms with Crippen molar-refractivity contribution in [2.45, 2.75) is 50.0 Å². The summed E-state index contributed by atoms with van der Waals surface area (Å²) in [6.45, 7) is 1.82. The van der Waals surface area contributed by atoms with Crippen LogP contribution in [0.3, 0.4) is 0 Å². The van der Waals surface area contributed by atoms with Crippen molar-refractivity contribution in [3.63, 3.8) is 0 Å². The number of aryl methyl sites for hydroxylation is 1. The molecule has 2 aromatic rings. The highest BCUT2D eigenvalue weighted by molar-refractivity contribution is 7.89. The smallest absolute Gasteiger partial charge is 0.272 e. The molecule has 1 aliphatic rings. The molecule has 1 unspecified atom stereocenters. The average Bonchev–Trinajstić information content (AvgIpc) is 3.00. The molecule has 0 radical (unpaired) electrons. The highest BCUT2D eigenvalue weighted by atomic mass is 32.2. The number of sulfonamides is 1. The lowest BCUT2D eigenvalue weighted by Gasteiger charge is -2.15. The number of aromatic nitrogens is 1. The maximum absolute atomic E-state index is 13.5. The molecule has 3 rings (SSSR count). The van der Waals surface area contributed by atoms with Crippen LogP contribution >= 0.6 is 0 Å². The molecular weight excluding hydrogens is 412 g/mol. The van der Waals surface area contributed by atoms with Gasteiger partial charge in [0, 0.05) is 36.6 Å². The SMILES string of the molecule is CC1CCCC/C=C\Cc2c(cn(C)c2C(=O)Nc2ccc(F)c(F)c2)S(=O)(=O)N1. The predicted octanol–water partition coefficient (Wildman–Crippen LogP) is 3.90. The number of benzene rings is 1. The second-order valence-electron chi connectivity index (χ2n) is 7.50. The highest BCUT2D eigenvalue weighted by Crippen LogP contribution is 2.25. The minimum atomic E-state index is -3.83. The van der Waals surface area contributed by atoms with Crippen molar-refractivity contribution in [2.24, 2.45) is 7.05 Å². The van der Waals surface area contributed by atoms with Crippen molar-refractivity contribution in [1.29, 1.82) is 0 Å². The molecule has 1 atom stereocenters. The molecule has 0 aliphatic carbocycles. The first kappa shape index (κ1) is 22.2. The van der Waals surface area contributed by atoms with Crippen molar-refractivity contribution < 1.29 is 22.0 Å². The Morgan fingerprint density at radius 1 is 1.20 bits per heavy atom. The maximum atomic E-state index is 13.5. The van der Waals surface area contributed by atoms with Gasteiger partial charge in [0.2, 0.25) is 10.0 Å². The van der Waals surface area contributed by atoms with Crippen LogP contribution in [0.15, 0.2) is 41.4 Å². The number of nitrogens with one attached hydrogen (secondary N) is 2. The zero-order chi connectivity index (χ0) is 21.9. The lowest BCUT2D eigenvalue weighted by molar-refractivity contribution is 0.101. The van der Waals surface area contributed by atoms with Gasteiger partial charge in [-0.05, 0) is 44.7 Å². The van der Waals surface area contributed by atoms with E-state index in [1.165, 1.54) is 16.8 Å². The van der Waals surface area contributed by atoms with Crippen LogP contribution in [0.25, 0.3) is 0 Å². The number of rotatable bonds is 2. The summed E-state index contributed by atoms with van der Waals surface area (Å²) in [4.78, 5) is 13.0. The number of halogens is 2. The molecule has 162 valence electrons. The molecule has 6 nitrogen and oxygen atoms in total. The molecule has 1 amide bonds. The Labute approximate surface area is 175 Å². The average molecular weight is 438 g/mol. The van der Waals surface area contributed by atoms with Crippen molar-refractivity contribution in [1.82, 2.24) is 9.29 Å². The Kier molecular flexibility index (Phi) is 6.72. The van der Waals surface area contributed by atoms with Gasteiger partial charge in [0.1, 0.15) is 10.6 Å². The fraction of sp³-hybridized carbons (Fsp3) is 0.381. The van der Waals surface area contributed by atoms with E-state index >= 15 is 0 Å². The zero-order valence-corrected chi connectivity index (χ0v) is 17.7. The second-order valence-corrected chi connectivity index (χ2v) is 9.18. The lowest BCUT2D eigenvalue weighted by Crippen LogP contribution is -2.33. The third-order valence-corrected chi connectivity index (χ3v) is 6.68. The number of allylic oxidation sites excluding steroid dienone is 2. The molecular formula is C21H25F2N3O3S. The summed E-state index contributed by atoms with van der Waals surface area (Å²) in [5, 5.41) is 2.52. The highest BCUT2D eigenvalue weighted by Gasteiger charge is 2.28. The third-order valence-electron chi connectivity index (χ3n) is 5.03. The van der Waals surface area contributed by atoms with Crippen molar-refractivity contribution in [3.8, 4) is 0 Å². The number of amides is 1. The fourth-order valence-corrected chi connectivity index (χ4v) is 5.13. The van der Waals surface area contributed by atoms with E-state index in [2.05, 4.69) is 10.0 Å². The summed E-state index contributed by atoms with van der Waals surface area (Å²) in [5.41, 5.74) is 0.579. The van der Waals surface area contributed by atoms with Gasteiger partial charge in [0.05, 0.1) is 0 Å². The van der Waals surface area contributed by atoms with E-state index in [0.717, 1.165) is 37.8 Å². The van der Waals surface area contributed by atoms with E-state index in [4.69, 9.17) is 0 Å². The van der Waals surface area contributed by atoms with Crippen molar-refractivity contribution >= 4 is 21.6 Å². The van der Waals surface area contributed by atoms with Gasteiger partial charge in [-0.2, -0.15) is 0 Å². The molecule has 1 aromatic heterocycles. The Morgan fingerprint density at radius 3 is 2.70 bits per heavy atom. The van der Waals surface area contributed by atoms with Crippen LogP contribution in [-0.4, -0.2) is 24.9 Å². The molecule has 2 N–H and O–H groups in total. The van der Waals surface area contributed by atoms with Gasteiger partial charge in [-0.1, -0.05) is 18.6 Å². The van der Waals surface area contributed by atoms with Crippen LogP contribution in [0, 0.1) is 11.6 Å². The minimum Gasteiger partial charge on any atom is -0.345 e. The standard InChI is InChI=1S/C21H25F2N3O3S/c1-14-8-6-4-3-5-7-9-16-19(30(28,29)25-14)13-26(2)20(16)21(27)24-15-10-11-17(22)18(23)12-15/h5,7,10-14,25H,3-4,6,8-9H2,1-2H3,(H,24,27)/b7-5-. The van der Waals surface area contributed by atoms with Gasteiger partial charge >= 0.3 is 0 Å². The van der Waals surface area contributed by atoms with E-state index < -0.39 is 27.6 Å². The van der Waals surface area contributed by atoms with Gasteiger partial charge in [0.25, 0.3) is 5.91 Å². The maximum Gasteiger partial charge on any atom is 0.272 e. The van der Waals surface area contributed by atoms with E-state index in [1.54, 1.807) is 7.05 Å². The Hall–Kier alpha value is -2.52. The molecule has 0 bridgehead atoms. The quantitative estimate of drug-likeness (QED) is 0.700. The van der Waals surface area contributed by atoms with Crippen LogP contribution in [0.5, 0.6) is 0 Å². The number of hydrogen-bond acceptors (Lipinski definition) is 3. The molecule has 0 spiro atoms. The Morgan fingerprint density at radius 2 is 1.97 bits per heavy atom. The van der Waals surface area contributed by atoms with Gasteiger partial charge in [-0.25, -0.2) is 21.9 Å². The van der Waals surface area contributed by atoms with Crippen LogP contribution < -0.4 is 10.0 Å². The van der Waals surface area contributed by atoms with Gasteiger partial charge in [-0.3, -0.25) is 4.79 Å². The molecule has 0 fully saturated rings. The third kappa shape index (κ3) is 4.96. The molecule has 30 heavy (non-hydrogen) atoms. The van der Waals surface area contributed by atoms with Crippen LogP contribution in [0.1, 0.15) is 48.7 Å². The van der Waals surface area contributed by atoms with Crippen LogP contribution in [-0.2, 0) is 23.5 Å². The number of carbonyl (C=O) groups excluding carboxylic acids is 1. The fourth-order valence-electron chi connectivity index (χ4n) is 3.56. The summed E-state index contributed by atoms with van der Waals surface area (Å²) in [6, 6.07) is 2.80. The molecule has 2 heterocycles. The van der Waals surface area contributed by atoms with Gasteiger partial charge in [-0.15, -0.1) is 0 Å².